The summed E-state index contributed by atoms with van der Waals surface area (Å²) in [5, 5.41) is 0.427. The first kappa shape index (κ1) is 21.8. The maximum Gasteiger partial charge on any atom is 0.328 e. The molecule has 1 rings (SSSR count). The fraction of sp³-hybridized carbons (Fsp3) is 0.579. The maximum atomic E-state index is 12.7. The Balaban J connectivity index is 2.83. The van der Waals surface area contributed by atoms with E-state index in [-0.39, 0.29) is 28.6 Å². The first-order valence-electron chi connectivity index (χ1n) is 8.76. The maximum absolute atomic E-state index is 12.7. The SMILES string of the molecule is CCCCCCOC(=O)C(CC)(CC)C(=O)Oc1cccc(Cl)c1Cl. The Morgan fingerprint density at radius 3 is 2.28 bits per heavy atom. The van der Waals surface area contributed by atoms with Crippen LogP contribution >= 0.6 is 23.2 Å². The van der Waals surface area contributed by atoms with E-state index in [0.717, 1.165) is 25.7 Å². The van der Waals surface area contributed by atoms with E-state index < -0.39 is 17.4 Å². The second kappa shape index (κ2) is 10.7. The third kappa shape index (κ3) is 5.61. The number of ether oxygens (including phenoxy) is 2. The number of carbonyl (C=O) groups excluding carboxylic acids is 2. The average molecular weight is 389 g/mol. The number of halogens is 2. The van der Waals surface area contributed by atoms with Crippen molar-refractivity contribution in [2.24, 2.45) is 5.41 Å². The lowest BCUT2D eigenvalue weighted by molar-refractivity contribution is -0.168. The van der Waals surface area contributed by atoms with E-state index in [1.54, 1.807) is 26.0 Å². The van der Waals surface area contributed by atoms with Gasteiger partial charge in [-0.3, -0.25) is 9.59 Å². The Kier molecular flexibility index (Phi) is 9.30. The monoisotopic (exact) mass is 388 g/mol. The highest BCUT2D eigenvalue weighted by atomic mass is 35.5. The van der Waals surface area contributed by atoms with Crippen LogP contribution in [0, 0.1) is 5.41 Å². The molecule has 1 aromatic carbocycles. The van der Waals surface area contributed by atoms with Gasteiger partial charge in [0.25, 0.3) is 0 Å². The van der Waals surface area contributed by atoms with Crippen LogP contribution in [-0.2, 0) is 14.3 Å². The number of esters is 2. The van der Waals surface area contributed by atoms with Gasteiger partial charge in [0.2, 0.25) is 0 Å². The molecular formula is C19H26Cl2O4. The highest BCUT2D eigenvalue weighted by Crippen LogP contribution is 2.35. The highest BCUT2D eigenvalue weighted by Gasteiger charge is 2.46. The van der Waals surface area contributed by atoms with Crippen LogP contribution in [-0.4, -0.2) is 18.5 Å². The molecule has 4 nitrogen and oxygen atoms in total. The molecular weight excluding hydrogens is 363 g/mol. The van der Waals surface area contributed by atoms with Crippen molar-refractivity contribution in [3.8, 4) is 5.75 Å². The van der Waals surface area contributed by atoms with E-state index in [1.165, 1.54) is 6.07 Å². The van der Waals surface area contributed by atoms with Crippen LogP contribution in [0.4, 0.5) is 0 Å². The van der Waals surface area contributed by atoms with Gasteiger partial charge in [-0.1, -0.05) is 69.3 Å². The molecule has 0 atom stereocenters. The summed E-state index contributed by atoms with van der Waals surface area (Å²) in [4.78, 5) is 25.3. The molecule has 1 aromatic rings. The van der Waals surface area contributed by atoms with Crippen molar-refractivity contribution >= 4 is 35.1 Å². The Morgan fingerprint density at radius 1 is 1.00 bits per heavy atom. The summed E-state index contributed by atoms with van der Waals surface area (Å²) in [5.41, 5.74) is -1.34. The minimum Gasteiger partial charge on any atom is -0.465 e. The molecule has 0 fully saturated rings. The summed E-state index contributed by atoms with van der Waals surface area (Å²) in [6.45, 7) is 5.96. The standard InChI is InChI=1S/C19H26Cl2O4/c1-4-7-8-9-13-24-17(22)19(5-2,6-3)18(23)25-15-12-10-11-14(20)16(15)21/h10-12H,4-9,13H2,1-3H3. The molecule has 0 aliphatic heterocycles. The zero-order valence-electron chi connectivity index (χ0n) is 15.1. The van der Waals surface area contributed by atoms with Gasteiger partial charge in [0.05, 0.1) is 11.6 Å². The molecule has 0 unspecified atom stereocenters. The van der Waals surface area contributed by atoms with Crippen LogP contribution in [0.15, 0.2) is 18.2 Å². The lowest BCUT2D eigenvalue weighted by Gasteiger charge is -2.27. The molecule has 0 saturated carbocycles. The number of hydrogen-bond acceptors (Lipinski definition) is 4. The molecule has 6 heteroatoms. The van der Waals surface area contributed by atoms with Crippen LogP contribution in [0.2, 0.25) is 10.0 Å². The minimum absolute atomic E-state index is 0.140. The lowest BCUT2D eigenvalue weighted by Crippen LogP contribution is -2.42. The molecule has 0 saturated heterocycles. The number of benzene rings is 1. The normalized spacial score (nSPS) is 11.2. The molecule has 0 aromatic heterocycles. The number of rotatable bonds is 10. The predicted octanol–water partition coefficient (Wildman–Crippen LogP) is 5.83. The predicted molar refractivity (Wildman–Crippen MR) is 100 cm³/mol. The number of carbonyl (C=O) groups is 2. The van der Waals surface area contributed by atoms with Gasteiger partial charge in [0.15, 0.2) is 11.2 Å². The molecule has 0 bridgehead atoms. The summed E-state index contributed by atoms with van der Waals surface area (Å²) >= 11 is 12.0. The first-order valence-corrected chi connectivity index (χ1v) is 9.52. The van der Waals surface area contributed by atoms with Crippen LogP contribution in [0.5, 0.6) is 5.75 Å². The van der Waals surface area contributed by atoms with E-state index in [1.807, 2.05) is 0 Å². The van der Waals surface area contributed by atoms with Crippen molar-refractivity contribution in [3.63, 3.8) is 0 Å². The minimum atomic E-state index is -1.34. The van der Waals surface area contributed by atoms with E-state index >= 15 is 0 Å². The summed E-state index contributed by atoms with van der Waals surface area (Å²) < 4.78 is 10.7. The second-order valence-electron chi connectivity index (χ2n) is 5.93. The van der Waals surface area contributed by atoms with Crippen molar-refractivity contribution < 1.29 is 19.1 Å². The zero-order chi connectivity index (χ0) is 18.9. The van der Waals surface area contributed by atoms with Crippen molar-refractivity contribution in [3.05, 3.63) is 28.2 Å². The van der Waals surface area contributed by atoms with Gasteiger partial charge in [-0.2, -0.15) is 0 Å². The quantitative estimate of drug-likeness (QED) is 0.219. The molecule has 0 aliphatic rings. The molecule has 0 spiro atoms. The smallest absolute Gasteiger partial charge is 0.328 e. The van der Waals surface area contributed by atoms with Crippen molar-refractivity contribution in [2.45, 2.75) is 59.3 Å². The average Bonchev–Trinajstić information content (AvgIpc) is 2.60. The number of hydrogen-bond donors (Lipinski definition) is 0. The Labute approximate surface area is 159 Å². The van der Waals surface area contributed by atoms with E-state index in [0.29, 0.717) is 6.61 Å². The van der Waals surface area contributed by atoms with Crippen LogP contribution in [0.3, 0.4) is 0 Å². The van der Waals surface area contributed by atoms with Crippen LogP contribution in [0.25, 0.3) is 0 Å². The Bertz CT molecular complexity index is 583. The lowest BCUT2D eigenvalue weighted by atomic mass is 9.82. The number of unbranched alkanes of at least 4 members (excludes halogenated alkanes) is 3. The molecule has 0 radical (unpaired) electrons. The molecule has 25 heavy (non-hydrogen) atoms. The summed E-state index contributed by atoms with van der Waals surface area (Å²) in [5.74, 6) is -1.07. The van der Waals surface area contributed by atoms with E-state index in [4.69, 9.17) is 32.7 Å². The van der Waals surface area contributed by atoms with Crippen LogP contribution in [0.1, 0.15) is 59.3 Å². The van der Waals surface area contributed by atoms with Gasteiger partial charge >= 0.3 is 11.9 Å². The Hall–Kier alpha value is -1.26. The largest absolute Gasteiger partial charge is 0.465 e. The molecule has 0 amide bonds. The Morgan fingerprint density at radius 2 is 1.68 bits per heavy atom. The van der Waals surface area contributed by atoms with Gasteiger partial charge in [0.1, 0.15) is 5.02 Å². The molecule has 0 N–H and O–H groups in total. The topological polar surface area (TPSA) is 52.6 Å². The zero-order valence-corrected chi connectivity index (χ0v) is 16.6. The van der Waals surface area contributed by atoms with Crippen molar-refractivity contribution in [1.82, 2.24) is 0 Å². The fourth-order valence-electron chi connectivity index (χ4n) is 2.50. The molecule has 0 heterocycles. The van der Waals surface area contributed by atoms with Crippen molar-refractivity contribution in [2.75, 3.05) is 6.61 Å². The highest BCUT2D eigenvalue weighted by molar-refractivity contribution is 6.43. The van der Waals surface area contributed by atoms with Crippen LogP contribution < -0.4 is 4.74 Å². The van der Waals surface area contributed by atoms with Gasteiger partial charge in [-0.15, -0.1) is 0 Å². The van der Waals surface area contributed by atoms with Gasteiger partial charge in [-0.05, 0) is 31.4 Å². The summed E-state index contributed by atoms with van der Waals surface area (Å²) in [7, 11) is 0. The van der Waals surface area contributed by atoms with Crippen molar-refractivity contribution in [1.29, 1.82) is 0 Å². The third-order valence-electron chi connectivity index (χ3n) is 4.34. The fourth-order valence-corrected chi connectivity index (χ4v) is 2.83. The van der Waals surface area contributed by atoms with E-state index in [9.17, 15) is 9.59 Å². The van der Waals surface area contributed by atoms with Gasteiger partial charge in [-0.25, -0.2) is 0 Å². The summed E-state index contributed by atoms with van der Waals surface area (Å²) in [6, 6.07) is 4.76. The van der Waals surface area contributed by atoms with Gasteiger partial charge < -0.3 is 9.47 Å². The molecule has 0 aliphatic carbocycles. The molecule has 140 valence electrons. The van der Waals surface area contributed by atoms with Gasteiger partial charge in [0, 0.05) is 0 Å². The summed E-state index contributed by atoms with van der Waals surface area (Å²) in [6.07, 6.45) is 4.56. The first-order chi connectivity index (χ1) is 11.9. The second-order valence-corrected chi connectivity index (χ2v) is 6.71. The third-order valence-corrected chi connectivity index (χ3v) is 5.14. The van der Waals surface area contributed by atoms with E-state index in [2.05, 4.69) is 6.92 Å².